The molecule has 0 bridgehead atoms. The average molecular weight is 279 g/mol. The maximum Gasteiger partial charge on any atom is 0.308 e. The van der Waals surface area contributed by atoms with E-state index in [0.717, 1.165) is 17.3 Å². The highest BCUT2D eigenvalue weighted by atomic mass is 16.4. The number of aliphatic carboxylic acids is 1. The lowest BCUT2D eigenvalue weighted by atomic mass is 10.1. The normalized spacial score (nSPS) is 12.8. The summed E-state index contributed by atoms with van der Waals surface area (Å²) >= 11 is 0. The van der Waals surface area contributed by atoms with Gasteiger partial charge in [0.05, 0.1) is 5.92 Å². The van der Waals surface area contributed by atoms with Crippen LogP contribution in [0.25, 0.3) is 0 Å². The standard InChI is InChI=1S/C15H25N3O2/c1-9(2)12-7-13(17-14(16-12)10(3)4)18(6)8-11(5)15(19)20/h7,9-11H,8H2,1-6H3,(H,19,20). The van der Waals surface area contributed by atoms with E-state index in [4.69, 9.17) is 5.11 Å². The Labute approximate surface area is 121 Å². The highest BCUT2D eigenvalue weighted by Gasteiger charge is 2.17. The number of nitrogens with zero attached hydrogens (tertiary/aromatic N) is 3. The number of carboxylic acids is 1. The molecule has 0 saturated heterocycles. The molecule has 112 valence electrons. The van der Waals surface area contributed by atoms with Gasteiger partial charge in [0, 0.05) is 31.3 Å². The van der Waals surface area contributed by atoms with Gasteiger partial charge in [-0.1, -0.05) is 34.6 Å². The molecular weight excluding hydrogens is 254 g/mol. The summed E-state index contributed by atoms with van der Waals surface area (Å²) in [6.45, 7) is 10.4. The van der Waals surface area contributed by atoms with Crippen molar-refractivity contribution in [1.29, 1.82) is 0 Å². The Balaban J connectivity index is 3.06. The topological polar surface area (TPSA) is 66.3 Å². The van der Waals surface area contributed by atoms with Crippen LogP contribution in [-0.4, -0.2) is 34.6 Å². The Kier molecular flexibility index (Phi) is 5.48. The highest BCUT2D eigenvalue weighted by Crippen LogP contribution is 2.21. The molecule has 5 heteroatoms. The van der Waals surface area contributed by atoms with Crippen molar-refractivity contribution >= 4 is 11.8 Å². The molecule has 1 heterocycles. The maximum atomic E-state index is 11.0. The van der Waals surface area contributed by atoms with Crippen LogP contribution in [0.4, 0.5) is 5.82 Å². The zero-order chi connectivity index (χ0) is 15.4. The molecule has 0 saturated carbocycles. The summed E-state index contributed by atoms with van der Waals surface area (Å²) in [5.74, 6) is 0.942. The van der Waals surface area contributed by atoms with Gasteiger partial charge in [-0.2, -0.15) is 0 Å². The minimum atomic E-state index is -0.793. The van der Waals surface area contributed by atoms with Crippen LogP contribution in [0.1, 0.15) is 58.0 Å². The van der Waals surface area contributed by atoms with Crippen LogP contribution in [0.5, 0.6) is 0 Å². The first-order valence-electron chi connectivity index (χ1n) is 7.05. The van der Waals surface area contributed by atoms with Crippen LogP contribution in [-0.2, 0) is 4.79 Å². The van der Waals surface area contributed by atoms with E-state index in [-0.39, 0.29) is 5.92 Å². The second kappa shape index (κ2) is 6.68. The van der Waals surface area contributed by atoms with Gasteiger partial charge in [-0.25, -0.2) is 9.97 Å². The van der Waals surface area contributed by atoms with Crippen LogP contribution < -0.4 is 4.90 Å². The van der Waals surface area contributed by atoms with Crippen LogP contribution >= 0.6 is 0 Å². The third-order valence-electron chi connectivity index (χ3n) is 3.22. The van der Waals surface area contributed by atoms with E-state index in [1.165, 1.54) is 0 Å². The third kappa shape index (κ3) is 4.18. The smallest absolute Gasteiger partial charge is 0.308 e. The van der Waals surface area contributed by atoms with E-state index in [2.05, 4.69) is 37.7 Å². The quantitative estimate of drug-likeness (QED) is 0.867. The van der Waals surface area contributed by atoms with E-state index >= 15 is 0 Å². The van der Waals surface area contributed by atoms with Crippen molar-refractivity contribution in [2.75, 3.05) is 18.5 Å². The summed E-state index contributed by atoms with van der Waals surface area (Å²) in [4.78, 5) is 22.0. The summed E-state index contributed by atoms with van der Waals surface area (Å²) < 4.78 is 0. The zero-order valence-corrected chi connectivity index (χ0v) is 13.2. The van der Waals surface area contributed by atoms with Gasteiger partial charge in [0.15, 0.2) is 0 Å². The van der Waals surface area contributed by atoms with Crippen molar-refractivity contribution in [3.8, 4) is 0 Å². The fourth-order valence-corrected chi connectivity index (χ4v) is 1.80. The Hall–Kier alpha value is -1.65. The molecule has 20 heavy (non-hydrogen) atoms. The first kappa shape index (κ1) is 16.4. The van der Waals surface area contributed by atoms with E-state index in [1.54, 1.807) is 6.92 Å². The van der Waals surface area contributed by atoms with Gasteiger partial charge in [0.2, 0.25) is 0 Å². The van der Waals surface area contributed by atoms with E-state index in [1.807, 2.05) is 18.0 Å². The Morgan fingerprint density at radius 2 is 1.80 bits per heavy atom. The van der Waals surface area contributed by atoms with E-state index < -0.39 is 11.9 Å². The van der Waals surface area contributed by atoms with Gasteiger partial charge >= 0.3 is 5.97 Å². The third-order valence-corrected chi connectivity index (χ3v) is 3.22. The SMILES string of the molecule is CC(CN(C)c1cc(C(C)C)nc(C(C)C)n1)C(=O)O. The molecule has 1 aromatic heterocycles. The molecule has 0 aliphatic rings. The van der Waals surface area contributed by atoms with Crippen molar-refractivity contribution in [3.63, 3.8) is 0 Å². The molecular formula is C15H25N3O2. The minimum Gasteiger partial charge on any atom is -0.481 e. The molecule has 1 rings (SSSR count). The van der Waals surface area contributed by atoms with Crippen LogP contribution in [0, 0.1) is 5.92 Å². The van der Waals surface area contributed by atoms with Gasteiger partial charge < -0.3 is 10.0 Å². The summed E-state index contributed by atoms with van der Waals surface area (Å²) in [7, 11) is 1.87. The molecule has 0 aliphatic carbocycles. The minimum absolute atomic E-state index is 0.248. The molecule has 1 N–H and O–H groups in total. The van der Waals surface area contributed by atoms with Crippen molar-refractivity contribution in [2.24, 2.45) is 5.92 Å². The monoisotopic (exact) mass is 279 g/mol. The number of anilines is 1. The largest absolute Gasteiger partial charge is 0.481 e. The fourth-order valence-electron chi connectivity index (χ4n) is 1.80. The van der Waals surface area contributed by atoms with Crippen molar-refractivity contribution in [1.82, 2.24) is 9.97 Å². The van der Waals surface area contributed by atoms with Crippen LogP contribution in [0.2, 0.25) is 0 Å². The average Bonchev–Trinajstić information content (AvgIpc) is 2.37. The molecule has 0 radical (unpaired) electrons. The van der Waals surface area contributed by atoms with Gasteiger partial charge in [0.1, 0.15) is 11.6 Å². The molecule has 0 aromatic carbocycles. The Morgan fingerprint density at radius 1 is 1.20 bits per heavy atom. The summed E-state index contributed by atoms with van der Waals surface area (Å²) in [5, 5.41) is 9.00. The second-order valence-electron chi connectivity index (χ2n) is 5.94. The molecule has 1 unspecified atom stereocenters. The van der Waals surface area contributed by atoms with Crippen molar-refractivity contribution in [3.05, 3.63) is 17.6 Å². The van der Waals surface area contributed by atoms with Gasteiger partial charge in [-0.05, 0) is 5.92 Å². The van der Waals surface area contributed by atoms with Crippen molar-refractivity contribution in [2.45, 2.75) is 46.5 Å². The predicted molar refractivity (Wildman–Crippen MR) is 80.3 cm³/mol. The number of carbonyl (C=O) groups is 1. The number of hydrogen-bond acceptors (Lipinski definition) is 4. The molecule has 0 fully saturated rings. The predicted octanol–water partition coefficient (Wildman–Crippen LogP) is 2.88. The van der Waals surface area contributed by atoms with Crippen LogP contribution in [0.3, 0.4) is 0 Å². The maximum absolute atomic E-state index is 11.0. The number of rotatable bonds is 6. The van der Waals surface area contributed by atoms with E-state index in [0.29, 0.717) is 12.5 Å². The summed E-state index contributed by atoms with van der Waals surface area (Å²) in [6, 6.07) is 1.95. The molecule has 0 aliphatic heterocycles. The summed E-state index contributed by atoms with van der Waals surface area (Å²) in [6.07, 6.45) is 0. The highest BCUT2D eigenvalue weighted by molar-refractivity contribution is 5.70. The van der Waals surface area contributed by atoms with Crippen molar-refractivity contribution < 1.29 is 9.90 Å². The Bertz CT molecular complexity index is 446. The molecule has 1 atom stereocenters. The molecule has 0 spiro atoms. The lowest BCUT2D eigenvalue weighted by Crippen LogP contribution is -2.29. The van der Waals surface area contributed by atoms with Crippen LogP contribution in [0.15, 0.2) is 6.07 Å². The lowest BCUT2D eigenvalue weighted by Gasteiger charge is -2.22. The van der Waals surface area contributed by atoms with Gasteiger partial charge in [-0.3, -0.25) is 4.79 Å². The number of hydrogen-bond donors (Lipinski definition) is 1. The fraction of sp³-hybridized carbons (Fsp3) is 0.667. The van der Waals surface area contributed by atoms with Gasteiger partial charge in [0.25, 0.3) is 0 Å². The Morgan fingerprint density at radius 3 is 2.25 bits per heavy atom. The molecule has 5 nitrogen and oxygen atoms in total. The second-order valence-corrected chi connectivity index (χ2v) is 5.94. The zero-order valence-electron chi connectivity index (χ0n) is 13.2. The van der Waals surface area contributed by atoms with E-state index in [9.17, 15) is 4.79 Å². The first-order valence-corrected chi connectivity index (χ1v) is 7.05. The first-order chi connectivity index (χ1) is 9.22. The lowest BCUT2D eigenvalue weighted by molar-refractivity contribution is -0.140. The molecule has 1 aromatic rings. The summed E-state index contributed by atoms with van der Waals surface area (Å²) in [5.41, 5.74) is 0.994. The molecule has 0 amide bonds. The number of carboxylic acid groups (broad SMARTS) is 1. The van der Waals surface area contributed by atoms with Gasteiger partial charge in [-0.15, -0.1) is 0 Å². The number of aromatic nitrogens is 2.